The van der Waals surface area contributed by atoms with E-state index in [0.717, 1.165) is 26.8 Å². The average Bonchev–Trinajstić information content (AvgIpc) is 3.41. The fourth-order valence-corrected chi connectivity index (χ4v) is 5.61. The largest absolute Gasteiger partial charge is 0.491 e. The number of benzene rings is 1. The van der Waals surface area contributed by atoms with E-state index >= 15 is 0 Å². The minimum atomic E-state index is -0.743. The normalized spacial score (nSPS) is 30.8. The second kappa shape index (κ2) is 7.92. The second-order valence-electron chi connectivity index (χ2n) is 9.89. The van der Waals surface area contributed by atoms with Gasteiger partial charge in [-0.15, -0.1) is 0 Å². The Morgan fingerprint density at radius 1 is 1.23 bits per heavy atom. The number of nitrogens with two attached hydrogens (primary N) is 1. The Labute approximate surface area is 211 Å². The van der Waals surface area contributed by atoms with Crippen molar-refractivity contribution >= 4 is 44.8 Å². The van der Waals surface area contributed by atoms with Gasteiger partial charge in [-0.3, -0.25) is 4.99 Å². The lowest BCUT2D eigenvalue weighted by molar-refractivity contribution is -0.213. The van der Waals surface area contributed by atoms with Crippen LogP contribution in [0.5, 0.6) is 5.75 Å². The van der Waals surface area contributed by atoms with Crippen LogP contribution in [0, 0.1) is 0 Å². The maximum atomic E-state index is 6.58. The molecular formula is C25H28BrN5O4. The molecule has 5 heterocycles. The molecule has 2 aromatic heterocycles. The van der Waals surface area contributed by atoms with Crippen LogP contribution in [0.1, 0.15) is 45.5 Å². The Balaban J connectivity index is 1.28. The highest BCUT2D eigenvalue weighted by atomic mass is 79.9. The van der Waals surface area contributed by atoms with Crippen LogP contribution in [-0.2, 0) is 14.2 Å². The summed E-state index contributed by atoms with van der Waals surface area (Å²) >= 11 is 3.42. The molecule has 9 nitrogen and oxygen atoms in total. The van der Waals surface area contributed by atoms with Crippen LogP contribution >= 0.6 is 15.9 Å². The molecule has 0 saturated carbocycles. The molecule has 3 aromatic rings. The summed E-state index contributed by atoms with van der Waals surface area (Å²) in [6.07, 6.45) is 2.66. The summed E-state index contributed by atoms with van der Waals surface area (Å²) in [5.41, 5.74) is 7.14. The standard InChI is InChI=1S/C25H28BrN5O4/c1-13-16-7-8-31(22(16)29-12-28-13)23-20-25(4,35-24(2,3)34-20)19(33-23)11-32-15-6-5-14-9-17(26)21(27)30-18(14)10-15/h5-10,12-13,19-20,23H,11H2,1-4H3,(H2,27,30)(H,28,29)/t13?,19-,20+,23-,25-/m1/s1. The Morgan fingerprint density at radius 3 is 2.89 bits per heavy atom. The summed E-state index contributed by atoms with van der Waals surface area (Å²) in [5.74, 6) is 1.34. The highest BCUT2D eigenvalue weighted by Crippen LogP contribution is 2.51. The molecule has 0 radical (unpaired) electrons. The summed E-state index contributed by atoms with van der Waals surface area (Å²) in [5, 5.41) is 4.24. The van der Waals surface area contributed by atoms with E-state index in [2.05, 4.69) is 48.8 Å². The van der Waals surface area contributed by atoms with Crippen molar-refractivity contribution in [1.82, 2.24) is 9.55 Å². The number of rotatable bonds is 4. The number of aromatic nitrogens is 2. The SMILES string of the molecule is CC1N=CNc2c1ccn2[C@@H]1O[C@H](COc2ccc3cc(Br)c(N)nc3c2)[C@@]2(C)OC(C)(C)O[C@@H]12. The number of hydrogen-bond acceptors (Lipinski definition) is 8. The van der Waals surface area contributed by atoms with Crippen molar-refractivity contribution in [3.63, 3.8) is 0 Å². The van der Waals surface area contributed by atoms with Crippen LogP contribution in [-0.4, -0.2) is 46.1 Å². The molecule has 2 fully saturated rings. The second-order valence-corrected chi connectivity index (χ2v) is 10.7. The number of pyridine rings is 1. The fourth-order valence-electron chi connectivity index (χ4n) is 5.27. The summed E-state index contributed by atoms with van der Waals surface area (Å²) in [7, 11) is 0. The lowest BCUT2D eigenvalue weighted by Gasteiger charge is -2.29. The molecule has 10 heteroatoms. The number of hydrogen-bond donors (Lipinski definition) is 2. The maximum Gasteiger partial charge on any atom is 0.165 e. The molecule has 1 unspecified atom stereocenters. The zero-order valence-electron chi connectivity index (χ0n) is 20.0. The van der Waals surface area contributed by atoms with Crippen molar-refractivity contribution < 1.29 is 18.9 Å². The molecule has 6 rings (SSSR count). The van der Waals surface area contributed by atoms with Crippen LogP contribution in [0.2, 0.25) is 0 Å². The van der Waals surface area contributed by atoms with Crippen molar-refractivity contribution in [2.45, 2.75) is 63.6 Å². The molecule has 2 saturated heterocycles. The van der Waals surface area contributed by atoms with Crippen molar-refractivity contribution in [1.29, 1.82) is 0 Å². The number of nitrogens with zero attached hydrogens (tertiary/aromatic N) is 3. The lowest BCUT2D eigenvalue weighted by atomic mass is 9.95. The van der Waals surface area contributed by atoms with Gasteiger partial charge in [0.2, 0.25) is 0 Å². The Hall–Kier alpha value is -2.66. The van der Waals surface area contributed by atoms with Gasteiger partial charge >= 0.3 is 0 Å². The van der Waals surface area contributed by atoms with E-state index in [9.17, 15) is 0 Å². The minimum Gasteiger partial charge on any atom is -0.491 e. The van der Waals surface area contributed by atoms with E-state index in [1.165, 1.54) is 0 Å². The van der Waals surface area contributed by atoms with Gasteiger partial charge in [0.15, 0.2) is 12.0 Å². The monoisotopic (exact) mass is 541 g/mol. The number of aliphatic imine (C=N–C) groups is 1. The Bertz CT molecular complexity index is 1340. The number of ether oxygens (including phenoxy) is 4. The predicted octanol–water partition coefficient (Wildman–Crippen LogP) is 4.78. The molecular weight excluding hydrogens is 514 g/mol. The Kier molecular flexibility index (Phi) is 5.16. The summed E-state index contributed by atoms with van der Waals surface area (Å²) in [6.45, 7) is 8.26. The van der Waals surface area contributed by atoms with Gasteiger partial charge in [0.1, 0.15) is 41.8 Å². The maximum absolute atomic E-state index is 6.58. The van der Waals surface area contributed by atoms with Gasteiger partial charge in [0, 0.05) is 23.2 Å². The van der Waals surface area contributed by atoms with Gasteiger partial charge in [-0.05, 0) is 67.9 Å². The molecule has 184 valence electrons. The van der Waals surface area contributed by atoms with E-state index in [1.807, 2.05) is 51.2 Å². The van der Waals surface area contributed by atoms with Crippen molar-refractivity contribution in [2.24, 2.45) is 4.99 Å². The van der Waals surface area contributed by atoms with Crippen LogP contribution in [0.25, 0.3) is 10.9 Å². The number of halogens is 1. The highest BCUT2D eigenvalue weighted by molar-refractivity contribution is 9.10. The van der Waals surface area contributed by atoms with Gasteiger partial charge in [-0.25, -0.2) is 4.98 Å². The van der Waals surface area contributed by atoms with Gasteiger partial charge in [-0.2, -0.15) is 0 Å². The van der Waals surface area contributed by atoms with Gasteiger partial charge in [0.25, 0.3) is 0 Å². The average molecular weight is 542 g/mol. The molecule has 0 amide bonds. The van der Waals surface area contributed by atoms with E-state index in [-0.39, 0.29) is 31.1 Å². The van der Waals surface area contributed by atoms with Gasteiger partial charge in [-0.1, -0.05) is 0 Å². The first-order valence-corrected chi connectivity index (χ1v) is 12.4. The van der Waals surface area contributed by atoms with E-state index in [0.29, 0.717) is 11.6 Å². The quantitative estimate of drug-likeness (QED) is 0.489. The number of fused-ring (bicyclic) bond motifs is 3. The van der Waals surface area contributed by atoms with E-state index < -0.39 is 11.4 Å². The topological polar surface area (TPSA) is 105 Å². The van der Waals surface area contributed by atoms with Crippen molar-refractivity contribution in [2.75, 3.05) is 17.7 Å². The molecule has 5 atom stereocenters. The summed E-state index contributed by atoms with van der Waals surface area (Å²) in [6, 6.07) is 9.86. The Morgan fingerprint density at radius 2 is 2.06 bits per heavy atom. The fraction of sp³-hybridized carbons (Fsp3) is 0.440. The summed E-state index contributed by atoms with van der Waals surface area (Å²) in [4.78, 5) is 8.89. The third-order valence-corrected chi connectivity index (χ3v) is 7.62. The molecule has 3 aliphatic heterocycles. The number of anilines is 2. The first-order valence-electron chi connectivity index (χ1n) is 11.7. The molecule has 35 heavy (non-hydrogen) atoms. The molecule has 3 N–H and O–H groups in total. The molecule has 0 bridgehead atoms. The highest BCUT2D eigenvalue weighted by Gasteiger charge is 2.64. The molecule has 1 aromatic carbocycles. The van der Waals surface area contributed by atoms with Crippen LogP contribution in [0.3, 0.4) is 0 Å². The molecule has 0 spiro atoms. The molecule has 3 aliphatic rings. The zero-order valence-corrected chi connectivity index (χ0v) is 21.6. The van der Waals surface area contributed by atoms with Crippen molar-refractivity contribution in [3.05, 3.63) is 46.6 Å². The zero-order chi connectivity index (χ0) is 24.5. The molecule has 0 aliphatic carbocycles. The third-order valence-electron chi connectivity index (χ3n) is 6.98. The first kappa shape index (κ1) is 22.8. The number of nitrogen functional groups attached to an aromatic ring is 1. The number of nitrogens with one attached hydrogen (secondary N) is 1. The van der Waals surface area contributed by atoms with Crippen LogP contribution in [0.4, 0.5) is 11.6 Å². The third kappa shape index (κ3) is 3.70. The predicted molar refractivity (Wildman–Crippen MR) is 137 cm³/mol. The van der Waals surface area contributed by atoms with Gasteiger partial charge in [0.05, 0.1) is 22.4 Å². The van der Waals surface area contributed by atoms with Crippen molar-refractivity contribution in [3.8, 4) is 5.75 Å². The van der Waals surface area contributed by atoms with Gasteiger partial charge < -0.3 is 34.6 Å². The van der Waals surface area contributed by atoms with Crippen LogP contribution in [0.15, 0.2) is 46.0 Å². The smallest absolute Gasteiger partial charge is 0.165 e. The first-order chi connectivity index (χ1) is 16.6. The van der Waals surface area contributed by atoms with E-state index in [4.69, 9.17) is 24.7 Å². The summed E-state index contributed by atoms with van der Waals surface area (Å²) < 4.78 is 28.4. The lowest BCUT2D eigenvalue weighted by Crippen LogP contribution is -2.46. The van der Waals surface area contributed by atoms with E-state index in [1.54, 1.807) is 6.34 Å². The van der Waals surface area contributed by atoms with Crippen LogP contribution < -0.4 is 15.8 Å². The minimum absolute atomic E-state index is 0.0766.